The summed E-state index contributed by atoms with van der Waals surface area (Å²) in [4.78, 5) is 29.7. The molecule has 3 aromatic rings. The minimum absolute atomic E-state index is 0.0478. The van der Waals surface area contributed by atoms with Crippen LogP contribution in [0.15, 0.2) is 95.9 Å². The third kappa shape index (κ3) is 8.10. The van der Waals surface area contributed by atoms with Gasteiger partial charge in [0, 0.05) is 24.4 Å². The zero-order chi connectivity index (χ0) is 23.5. The number of amides is 2. The van der Waals surface area contributed by atoms with Gasteiger partial charge in [0.15, 0.2) is 0 Å². The number of thioether (sulfide) groups is 1. The van der Waals surface area contributed by atoms with Crippen molar-refractivity contribution in [3.63, 3.8) is 0 Å². The van der Waals surface area contributed by atoms with E-state index in [1.807, 2.05) is 91.0 Å². The molecular weight excluding hydrogens is 428 g/mol. The standard InChI is InChI=1S/C28H32N2O2S/c1-22(2)19-29-28(32)26(18-23-12-6-3-7-13-23)30(20-24-14-8-4-9-15-24)27(31)21-33-25-16-10-5-11-17-25/h3-17,22,26H,18-21H2,1-2H3,(H,29,32). The van der Waals surface area contributed by atoms with E-state index in [1.54, 1.807) is 4.90 Å². The van der Waals surface area contributed by atoms with E-state index in [4.69, 9.17) is 0 Å². The zero-order valence-electron chi connectivity index (χ0n) is 19.3. The fourth-order valence-electron chi connectivity index (χ4n) is 3.50. The summed E-state index contributed by atoms with van der Waals surface area (Å²) >= 11 is 1.50. The van der Waals surface area contributed by atoms with Crippen molar-refractivity contribution >= 4 is 23.6 Å². The lowest BCUT2D eigenvalue weighted by Gasteiger charge is -2.31. The number of rotatable bonds is 11. The Morgan fingerprint density at radius 1 is 0.818 bits per heavy atom. The second-order valence-electron chi connectivity index (χ2n) is 8.45. The van der Waals surface area contributed by atoms with Gasteiger partial charge < -0.3 is 10.2 Å². The minimum atomic E-state index is -0.588. The first-order valence-corrected chi connectivity index (χ1v) is 12.3. The third-order valence-corrected chi connectivity index (χ3v) is 6.25. The summed E-state index contributed by atoms with van der Waals surface area (Å²) in [6, 6.07) is 29.1. The Balaban J connectivity index is 1.86. The molecule has 0 radical (unpaired) electrons. The highest BCUT2D eigenvalue weighted by Crippen LogP contribution is 2.21. The molecule has 0 saturated carbocycles. The summed E-state index contributed by atoms with van der Waals surface area (Å²) in [7, 11) is 0. The zero-order valence-corrected chi connectivity index (χ0v) is 20.1. The lowest BCUT2D eigenvalue weighted by molar-refractivity contribution is -0.139. The second-order valence-corrected chi connectivity index (χ2v) is 9.50. The molecule has 3 aromatic carbocycles. The van der Waals surface area contributed by atoms with E-state index in [0.717, 1.165) is 16.0 Å². The van der Waals surface area contributed by atoms with Crippen LogP contribution in [0.2, 0.25) is 0 Å². The first-order valence-electron chi connectivity index (χ1n) is 11.4. The van der Waals surface area contributed by atoms with Gasteiger partial charge in [-0.05, 0) is 29.2 Å². The largest absolute Gasteiger partial charge is 0.354 e. The van der Waals surface area contributed by atoms with Gasteiger partial charge in [0.1, 0.15) is 6.04 Å². The molecule has 1 N–H and O–H groups in total. The SMILES string of the molecule is CC(C)CNC(=O)C(Cc1ccccc1)N(Cc1ccccc1)C(=O)CSc1ccccc1. The molecule has 0 heterocycles. The Morgan fingerprint density at radius 2 is 1.36 bits per heavy atom. The molecule has 4 nitrogen and oxygen atoms in total. The lowest BCUT2D eigenvalue weighted by Crippen LogP contribution is -2.51. The molecule has 1 unspecified atom stereocenters. The fourth-order valence-corrected chi connectivity index (χ4v) is 4.31. The molecule has 5 heteroatoms. The number of hydrogen-bond donors (Lipinski definition) is 1. The van der Waals surface area contributed by atoms with Gasteiger partial charge in [-0.2, -0.15) is 0 Å². The van der Waals surface area contributed by atoms with Crippen molar-refractivity contribution in [1.29, 1.82) is 0 Å². The first kappa shape index (κ1) is 24.6. The average molecular weight is 461 g/mol. The molecule has 0 saturated heterocycles. The van der Waals surface area contributed by atoms with E-state index < -0.39 is 6.04 Å². The molecule has 0 aliphatic carbocycles. The number of nitrogens with one attached hydrogen (secondary N) is 1. The van der Waals surface area contributed by atoms with E-state index in [0.29, 0.717) is 25.4 Å². The third-order valence-electron chi connectivity index (χ3n) is 5.26. The fraction of sp³-hybridized carbons (Fsp3) is 0.286. The maximum Gasteiger partial charge on any atom is 0.243 e. The van der Waals surface area contributed by atoms with Crippen LogP contribution in [0.3, 0.4) is 0 Å². The molecule has 0 aliphatic heterocycles. The van der Waals surface area contributed by atoms with Gasteiger partial charge in [-0.25, -0.2) is 0 Å². The number of hydrogen-bond acceptors (Lipinski definition) is 3. The Morgan fingerprint density at radius 3 is 1.94 bits per heavy atom. The van der Waals surface area contributed by atoms with Crippen molar-refractivity contribution in [1.82, 2.24) is 10.2 Å². The average Bonchev–Trinajstić information content (AvgIpc) is 2.85. The quantitative estimate of drug-likeness (QED) is 0.401. The highest BCUT2D eigenvalue weighted by molar-refractivity contribution is 8.00. The van der Waals surface area contributed by atoms with Crippen LogP contribution in [0.1, 0.15) is 25.0 Å². The molecule has 0 aliphatic rings. The summed E-state index contributed by atoms with van der Waals surface area (Å²) in [6.45, 7) is 5.10. The Labute approximate surface area is 201 Å². The smallest absolute Gasteiger partial charge is 0.243 e. The molecule has 33 heavy (non-hydrogen) atoms. The molecule has 0 bridgehead atoms. The van der Waals surface area contributed by atoms with Crippen molar-refractivity contribution in [3.8, 4) is 0 Å². The monoisotopic (exact) mass is 460 g/mol. The summed E-state index contributed by atoms with van der Waals surface area (Å²) < 4.78 is 0. The van der Waals surface area contributed by atoms with Gasteiger partial charge >= 0.3 is 0 Å². The van der Waals surface area contributed by atoms with Crippen LogP contribution >= 0.6 is 11.8 Å². The molecule has 0 fully saturated rings. The topological polar surface area (TPSA) is 49.4 Å². The molecule has 0 aromatic heterocycles. The Hall–Kier alpha value is -3.05. The second kappa shape index (κ2) is 12.9. The van der Waals surface area contributed by atoms with Crippen LogP contribution in [-0.4, -0.2) is 35.1 Å². The van der Waals surface area contributed by atoms with E-state index in [9.17, 15) is 9.59 Å². The summed E-state index contributed by atoms with van der Waals surface area (Å²) in [5, 5.41) is 3.06. The predicted molar refractivity (Wildman–Crippen MR) is 136 cm³/mol. The first-order chi connectivity index (χ1) is 16.0. The van der Waals surface area contributed by atoms with Gasteiger partial charge in [-0.1, -0.05) is 92.7 Å². The molecular formula is C28H32N2O2S. The Kier molecular flexibility index (Phi) is 9.58. The number of carbonyl (C=O) groups is 2. The maximum atomic E-state index is 13.5. The number of carbonyl (C=O) groups excluding carboxylic acids is 2. The lowest BCUT2D eigenvalue weighted by atomic mass is 10.0. The van der Waals surface area contributed by atoms with Crippen LogP contribution in [0.25, 0.3) is 0 Å². The van der Waals surface area contributed by atoms with Crippen molar-refractivity contribution in [2.24, 2.45) is 5.92 Å². The van der Waals surface area contributed by atoms with E-state index in [2.05, 4.69) is 19.2 Å². The highest BCUT2D eigenvalue weighted by Gasteiger charge is 2.30. The predicted octanol–water partition coefficient (Wildman–Crippen LogP) is 5.19. The van der Waals surface area contributed by atoms with Crippen molar-refractivity contribution in [3.05, 3.63) is 102 Å². The molecule has 1 atom stereocenters. The van der Waals surface area contributed by atoms with Gasteiger partial charge in [-0.15, -0.1) is 11.8 Å². The van der Waals surface area contributed by atoms with Crippen LogP contribution in [0.5, 0.6) is 0 Å². The van der Waals surface area contributed by atoms with E-state index in [1.165, 1.54) is 11.8 Å². The van der Waals surface area contributed by atoms with Gasteiger partial charge in [0.2, 0.25) is 11.8 Å². The van der Waals surface area contributed by atoms with Gasteiger partial charge in [0.25, 0.3) is 0 Å². The Bertz CT molecular complexity index is 994. The van der Waals surface area contributed by atoms with Crippen molar-refractivity contribution in [2.75, 3.05) is 12.3 Å². The van der Waals surface area contributed by atoms with Gasteiger partial charge in [-0.3, -0.25) is 9.59 Å². The van der Waals surface area contributed by atoms with Crippen molar-refractivity contribution < 1.29 is 9.59 Å². The molecule has 3 rings (SSSR count). The highest BCUT2D eigenvalue weighted by atomic mass is 32.2. The molecule has 2 amide bonds. The molecule has 0 spiro atoms. The van der Waals surface area contributed by atoms with Gasteiger partial charge in [0.05, 0.1) is 5.75 Å². The summed E-state index contributed by atoms with van der Waals surface area (Å²) in [5.74, 6) is 0.452. The van der Waals surface area contributed by atoms with Crippen LogP contribution in [-0.2, 0) is 22.6 Å². The van der Waals surface area contributed by atoms with Crippen molar-refractivity contribution in [2.45, 2.75) is 37.8 Å². The van der Waals surface area contributed by atoms with Crippen LogP contribution in [0, 0.1) is 5.92 Å². The van der Waals surface area contributed by atoms with Crippen LogP contribution < -0.4 is 5.32 Å². The van der Waals surface area contributed by atoms with E-state index >= 15 is 0 Å². The maximum absolute atomic E-state index is 13.5. The normalized spacial score (nSPS) is 11.7. The van der Waals surface area contributed by atoms with Crippen LogP contribution in [0.4, 0.5) is 0 Å². The minimum Gasteiger partial charge on any atom is -0.354 e. The number of benzene rings is 3. The summed E-state index contributed by atoms with van der Waals surface area (Å²) in [6.07, 6.45) is 0.472. The molecule has 172 valence electrons. The van der Waals surface area contributed by atoms with E-state index in [-0.39, 0.29) is 17.6 Å². The number of nitrogens with zero attached hydrogens (tertiary/aromatic N) is 1. The summed E-state index contributed by atoms with van der Waals surface area (Å²) in [5.41, 5.74) is 2.04.